The number of ketones is 1. The molecule has 2 N–H and O–H groups in total. The van der Waals surface area contributed by atoms with Crippen LogP contribution in [0.5, 0.6) is 0 Å². The zero-order valence-electron chi connectivity index (χ0n) is 21.2. The molecule has 11 heteroatoms. The maximum Gasteiger partial charge on any atom is 0.407 e. The van der Waals surface area contributed by atoms with Gasteiger partial charge in [-0.15, -0.1) is 0 Å². The molecular formula is C25H33N5O6. The zero-order valence-corrected chi connectivity index (χ0v) is 21.2. The number of fused-ring (bicyclic) bond motifs is 1. The van der Waals surface area contributed by atoms with Crippen LogP contribution in [0.1, 0.15) is 30.6 Å². The van der Waals surface area contributed by atoms with Gasteiger partial charge in [0.25, 0.3) is 5.91 Å². The van der Waals surface area contributed by atoms with E-state index in [-0.39, 0.29) is 43.1 Å². The number of carbonyl (C=O) groups is 5. The Kier molecular flexibility index (Phi) is 8.33. The summed E-state index contributed by atoms with van der Waals surface area (Å²) >= 11 is 0. The lowest BCUT2D eigenvalue weighted by Gasteiger charge is -2.29. The van der Waals surface area contributed by atoms with E-state index in [9.17, 15) is 24.0 Å². The van der Waals surface area contributed by atoms with Gasteiger partial charge in [-0.1, -0.05) is 13.8 Å². The molecule has 4 amide bonds. The van der Waals surface area contributed by atoms with Crippen LogP contribution in [0.2, 0.25) is 0 Å². The SMILES string of the molecule is COC(=O)NCC(=O)N1CC(=O)C2C1=CCN2C(=O)[C@H](CC(C)C)NC(=O)c1ccc(N(C)C)cc1. The van der Waals surface area contributed by atoms with Crippen molar-refractivity contribution in [3.8, 4) is 0 Å². The molecule has 0 aliphatic carbocycles. The first-order chi connectivity index (χ1) is 17.0. The highest BCUT2D eigenvalue weighted by Crippen LogP contribution is 2.30. The normalized spacial score (nSPS) is 17.4. The number of anilines is 1. The number of hydrogen-bond donors (Lipinski definition) is 2. The first-order valence-electron chi connectivity index (χ1n) is 11.8. The van der Waals surface area contributed by atoms with E-state index < -0.39 is 24.1 Å². The standard InChI is InChI=1S/C25H33N5O6/c1-15(2)12-18(27-23(33)16-6-8-17(9-7-16)28(3)4)24(34)29-11-10-19-22(29)20(31)14-30(19)21(32)13-26-25(35)36-5/h6-10,15,18,22H,11-14H2,1-5H3,(H,26,35)(H,27,33)/t18-,22?/m0/s1. The fraction of sp³-hybridized carbons (Fsp3) is 0.480. The number of rotatable bonds is 8. The molecule has 1 aromatic rings. The Morgan fingerprint density at radius 1 is 1.14 bits per heavy atom. The van der Waals surface area contributed by atoms with Gasteiger partial charge in [0.1, 0.15) is 18.6 Å². The predicted molar refractivity (Wildman–Crippen MR) is 132 cm³/mol. The van der Waals surface area contributed by atoms with Gasteiger partial charge in [0.15, 0.2) is 5.78 Å². The van der Waals surface area contributed by atoms with E-state index in [1.54, 1.807) is 18.2 Å². The van der Waals surface area contributed by atoms with Gasteiger partial charge < -0.3 is 30.1 Å². The van der Waals surface area contributed by atoms with Crippen molar-refractivity contribution in [2.75, 3.05) is 45.7 Å². The zero-order chi connectivity index (χ0) is 26.6. The van der Waals surface area contributed by atoms with Gasteiger partial charge in [-0.05, 0) is 42.7 Å². The Morgan fingerprint density at radius 3 is 2.39 bits per heavy atom. The molecule has 0 radical (unpaired) electrons. The number of alkyl carbamates (subject to hydrolysis) is 1. The number of amides is 4. The lowest BCUT2D eigenvalue weighted by atomic mass is 10.0. The van der Waals surface area contributed by atoms with E-state index in [1.165, 1.54) is 16.9 Å². The number of ether oxygens (including phenoxy) is 1. The second-order valence-corrected chi connectivity index (χ2v) is 9.41. The number of benzene rings is 1. The molecule has 1 aromatic carbocycles. The minimum atomic E-state index is -0.898. The van der Waals surface area contributed by atoms with Gasteiger partial charge in [0.05, 0.1) is 13.7 Å². The van der Waals surface area contributed by atoms with Crippen LogP contribution >= 0.6 is 0 Å². The van der Waals surface area contributed by atoms with E-state index in [0.717, 1.165) is 5.69 Å². The Balaban J connectivity index is 1.72. The predicted octanol–water partition coefficient (Wildman–Crippen LogP) is 0.759. The van der Waals surface area contributed by atoms with Crippen molar-refractivity contribution in [3.63, 3.8) is 0 Å². The molecule has 1 unspecified atom stereocenters. The molecule has 2 atom stereocenters. The van der Waals surface area contributed by atoms with Crippen molar-refractivity contribution in [2.24, 2.45) is 5.92 Å². The molecule has 1 fully saturated rings. The summed E-state index contributed by atoms with van der Waals surface area (Å²) in [5.74, 6) is -1.44. The molecule has 36 heavy (non-hydrogen) atoms. The first-order valence-corrected chi connectivity index (χ1v) is 11.8. The highest BCUT2D eigenvalue weighted by molar-refractivity contribution is 6.03. The summed E-state index contributed by atoms with van der Waals surface area (Å²) in [5, 5.41) is 5.14. The van der Waals surface area contributed by atoms with Crippen molar-refractivity contribution >= 4 is 35.3 Å². The summed E-state index contributed by atoms with van der Waals surface area (Å²) in [6.07, 6.45) is 1.29. The van der Waals surface area contributed by atoms with E-state index in [2.05, 4.69) is 15.4 Å². The maximum absolute atomic E-state index is 13.6. The van der Waals surface area contributed by atoms with Crippen LogP contribution in [0.3, 0.4) is 0 Å². The average molecular weight is 500 g/mol. The van der Waals surface area contributed by atoms with E-state index in [0.29, 0.717) is 17.7 Å². The topological polar surface area (TPSA) is 128 Å². The molecule has 0 spiro atoms. The fourth-order valence-corrected chi connectivity index (χ4v) is 4.31. The summed E-state index contributed by atoms with van der Waals surface area (Å²) in [5.41, 5.74) is 1.78. The second-order valence-electron chi connectivity index (χ2n) is 9.41. The molecular weight excluding hydrogens is 466 g/mol. The lowest BCUT2D eigenvalue weighted by molar-refractivity contribution is -0.137. The number of methoxy groups -OCH3 is 1. The van der Waals surface area contributed by atoms with Crippen molar-refractivity contribution < 1.29 is 28.7 Å². The molecule has 2 aliphatic heterocycles. The molecule has 3 rings (SSSR count). The third kappa shape index (κ3) is 5.84. The largest absolute Gasteiger partial charge is 0.453 e. The summed E-state index contributed by atoms with van der Waals surface area (Å²) in [4.78, 5) is 67.8. The van der Waals surface area contributed by atoms with E-state index in [4.69, 9.17) is 0 Å². The molecule has 2 aliphatic rings. The van der Waals surface area contributed by atoms with Gasteiger partial charge in [0, 0.05) is 37.6 Å². The van der Waals surface area contributed by atoms with Crippen LogP contribution in [-0.2, 0) is 19.1 Å². The van der Waals surface area contributed by atoms with E-state index in [1.807, 2.05) is 45.0 Å². The quantitative estimate of drug-likeness (QED) is 0.540. The average Bonchev–Trinajstić information content (AvgIpc) is 3.42. The van der Waals surface area contributed by atoms with Crippen LogP contribution < -0.4 is 15.5 Å². The molecule has 2 heterocycles. The third-order valence-electron chi connectivity index (χ3n) is 6.13. The number of carbonyl (C=O) groups excluding carboxylic acids is 5. The van der Waals surface area contributed by atoms with Crippen LogP contribution in [0.4, 0.5) is 10.5 Å². The summed E-state index contributed by atoms with van der Waals surface area (Å²) in [6.45, 7) is 3.50. The van der Waals surface area contributed by atoms with Crippen LogP contribution in [-0.4, -0.2) is 92.3 Å². The Hall–Kier alpha value is -3.89. The maximum atomic E-state index is 13.6. The van der Waals surface area contributed by atoms with E-state index >= 15 is 0 Å². The second kappa shape index (κ2) is 11.2. The minimum absolute atomic E-state index is 0.104. The molecule has 0 bridgehead atoms. The van der Waals surface area contributed by atoms with Crippen LogP contribution in [0, 0.1) is 5.92 Å². The fourth-order valence-electron chi connectivity index (χ4n) is 4.31. The number of nitrogens with zero attached hydrogens (tertiary/aromatic N) is 3. The van der Waals surface area contributed by atoms with Gasteiger partial charge in [-0.25, -0.2) is 4.79 Å². The number of hydrogen-bond acceptors (Lipinski definition) is 7. The number of nitrogens with one attached hydrogen (secondary N) is 2. The smallest absolute Gasteiger partial charge is 0.407 e. The third-order valence-corrected chi connectivity index (χ3v) is 6.13. The van der Waals surface area contributed by atoms with Crippen LogP contribution in [0.15, 0.2) is 36.0 Å². The number of likely N-dealkylation sites (tertiary alicyclic amines) is 1. The molecule has 0 saturated carbocycles. The van der Waals surface area contributed by atoms with Crippen molar-refractivity contribution in [3.05, 3.63) is 41.6 Å². The summed E-state index contributed by atoms with van der Waals surface area (Å²) in [6, 6.07) is 5.31. The minimum Gasteiger partial charge on any atom is -0.453 e. The van der Waals surface area contributed by atoms with Gasteiger partial charge in [-0.3, -0.25) is 19.2 Å². The van der Waals surface area contributed by atoms with Gasteiger partial charge in [0.2, 0.25) is 11.8 Å². The summed E-state index contributed by atoms with van der Waals surface area (Å²) < 4.78 is 4.47. The monoisotopic (exact) mass is 499 g/mol. The Morgan fingerprint density at radius 2 is 1.81 bits per heavy atom. The highest BCUT2D eigenvalue weighted by atomic mass is 16.5. The Labute approximate surface area is 210 Å². The van der Waals surface area contributed by atoms with Crippen molar-refractivity contribution in [1.82, 2.24) is 20.4 Å². The van der Waals surface area contributed by atoms with Crippen molar-refractivity contribution in [2.45, 2.75) is 32.4 Å². The van der Waals surface area contributed by atoms with Crippen LogP contribution in [0.25, 0.3) is 0 Å². The molecule has 194 valence electrons. The van der Waals surface area contributed by atoms with Gasteiger partial charge >= 0.3 is 6.09 Å². The number of Topliss-reactive ketones (excluding diaryl/α,β-unsaturated/α-hetero) is 1. The van der Waals surface area contributed by atoms with Gasteiger partial charge in [-0.2, -0.15) is 0 Å². The first kappa shape index (κ1) is 26.7. The molecule has 1 saturated heterocycles. The molecule has 11 nitrogen and oxygen atoms in total. The Bertz CT molecular complexity index is 1070. The lowest BCUT2D eigenvalue weighted by Crippen LogP contribution is -2.52. The summed E-state index contributed by atoms with van der Waals surface area (Å²) in [7, 11) is 4.99. The molecule has 0 aromatic heterocycles. The van der Waals surface area contributed by atoms with Crippen molar-refractivity contribution in [1.29, 1.82) is 0 Å². The highest BCUT2D eigenvalue weighted by Gasteiger charge is 2.47.